The first-order chi connectivity index (χ1) is 12.4. The molecule has 0 radical (unpaired) electrons. The topological polar surface area (TPSA) is 72.2 Å². The zero-order chi connectivity index (χ0) is 18.7. The first-order valence-electron chi connectivity index (χ1n) is 8.26. The van der Waals surface area contributed by atoms with Gasteiger partial charge in [-0.3, -0.25) is 0 Å². The van der Waals surface area contributed by atoms with Gasteiger partial charge in [0.25, 0.3) is 0 Å². The van der Waals surface area contributed by atoms with Crippen LogP contribution in [-0.4, -0.2) is 19.4 Å². The average molecular weight is 391 g/mol. The minimum Gasteiger partial charge on any atom is -0.419 e. The van der Waals surface area contributed by atoms with Crippen LogP contribution in [0, 0.1) is 0 Å². The van der Waals surface area contributed by atoms with E-state index in [4.69, 9.17) is 16.0 Å². The molecule has 0 unspecified atom stereocenters. The van der Waals surface area contributed by atoms with E-state index in [1.165, 1.54) is 12.1 Å². The molecule has 3 rings (SSSR count). The number of hydrogen-bond acceptors (Lipinski definition) is 5. The predicted octanol–water partition coefficient (Wildman–Crippen LogP) is 5.04. The SMILES string of the molecule is CC[C@@H](C)Nc1oc(-c2ccccc2Cl)nc1S(=O)(=O)c1ccccc1. The third-order valence-corrected chi connectivity index (χ3v) is 6.01. The molecule has 2 aromatic carbocycles. The number of oxazole rings is 1. The van der Waals surface area contributed by atoms with Gasteiger partial charge in [0.1, 0.15) is 0 Å². The third kappa shape index (κ3) is 3.61. The summed E-state index contributed by atoms with van der Waals surface area (Å²) in [4.78, 5) is 4.43. The van der Waals surface area contributed by atoms with Gasteiger partial charge in [-0.1, -0.05) is 48.9 Å². The van der Waals surface area contributed by atoms with Gasteiger partial charge in [0.05, 0.1) is 15.5 Å². The number of hydrogen-bond donors (Lipinski definition) is 1. The van der Waals surface area contributed by atoms with Crippen LogP contribution in [0.15, 0.2) is 68.9 Å². The molecule has 1 N–H and O–H groups in total. The summed E-state index contributed by atoms with van der Waals surface area (Å²) < 4.78 is 31.9. The highest BCUT2D eigenvalue weighted by atomic mass is 35.5. The summed E-state index contributed by atoms with van der Waals surface area (Å²) in [6.07, 6.45) is 0.799. The first kappa shape index (κ1) is 18.5. The molecule has 26 heavy (non-hydrogen) atoms. The van der Waals surface area contributed by atoms with Crippen LogP contribution in [0.4, 0.5) is 5.88 Å². The minimum atomic E-state index is -3.83. The third-order valence-electron chi connectivity index (χ3n) is 4.00. The second-order valence-electron chi connectivity index (χ2n) is 5.90. The van der Waals surface area contributed by atoms with Crippen molar-refractivity contribution in [2.75, 3.05) is 5.32 Å². The quantitative estimate of drug-likeness (QED) is 0.638. The molecule has 1 heterocycles. The van der Waals surface area contributed by atoms with Crippen molar-refractivity contribution in [1.29, 1.82) is 0 Å². The molecule has 0 aliphatic carbocycles. The standard InChI is InChI=1S/C19H19ClN2O3S/c1-3-13(2)21-18-19(26(23,24)14-9-5-4-6-10-14)22-17(25-18)15-11-7-8-12-16(15)20/h4-13,21H,3H2,1-2H3/t13-/m1/s1. The summed E-state index contributed by atoms with van der Waals surface area (Å²) in [7, 11) is -3.83. The number of anilines is 1. The lowest BCUT2D eigenvalue weighted by atomic mass is 10.2. The van der Waals surface area contributed by atoms with Crippen LogP contribution in [0.3, 0.4) is 0 Å². The fourth-order valence-electron chi connectivity index (χ4n) is 2.37. The summed E-state index contributed by atoms with van der Waals surface area (Å²) in [6.45, 7) is 3.94. The average Bonchev–Trinajstić information content (AvgIpc) is 3.07. The van der Waals surface area contributed by atoms with Crippen molar-refractivity contribution in [1.82, 2.24) is 4.98 Å². The van der Waals surface area contributed by atoms with Gasteiger partial charge < -0.3 is 9.73 Å². The molecule has 0 spiro atoms. The van der Waals surface area contributed by atoms with Crippen LogP contribution in [-0.2, 0) is 9.84 Å². The Morgan fingerprint density at radius 1 is 1.12 bits per heavy atom. The zero-order valence-electron chi connectivity index (χ0n) is 14.4. The number of nitrogens with one attached hydrogen (secondary N) is 1. The Kier molecular flexibility index (Phi) is 5.34. The highest BCUT2D eigenvalue weighted by Crippen LogP contribution is 2.35. The number of nitrogens with zero attached hydrogens (tertiary/aromatic N) is 1. The van der Waals surface area contributed by atoms with Gasteiger partial charge >= 0.3 is 0 Å². The summed E-state index contributed by atoms with van der Waals surface area (Å²) in [5, 5.41) is 3.39. The van der Waals surface area contributed by atoms with Gasteiger partial charge in [-0.25, -0.2) is 8.42 Å². The summed E-state index contributed by atoms with van der Waals surface area (Å²) in [6, 6.07) is 15.2. The van der Waals surface area contributed by atoms with Crippen LogP contribution in [0.25, 0.3) is 11.5 Å². The number of halogens is 1. The Balaban J connectivity index is 2.16. The highest BCUT2D eigenvalue weighted by Gasteiger charge is 2.29. The van der Waals surface area contributed by atoms with E-state index in [0.717, 1.165) is 6.42 Å². The number of sulfone groups is 1. The highest BCUT2D eigenvalue weighted by molar-refractivity contribution is 7.91. The minimum absolute atomic E-state index is 0.0202. The Morgan fingerprint density at radius 3 is 2.42 bits per heavy atom. The van der Waals surface area contributed by atoms with Crippen molar-refractivity contribution in [3.8, 4) is 11.5 Å². The van der Waals surface area contributed by atoms with Crippen LogP contribution >= 0.6 is 11.6 Å². The van der Waals surface area contributed by atoms with Crippen LogP contribution in [0.2, 0.25) is 5.02 Å². The zero-order valence-corrected chi connectivity index (χ0v) is 16.0. The molecule has 0 amide bonds. The first-order valence-corrected chi connectivity index (χ1v) is 10.1. The van der Waals surface area contributed by atoms with Crippen molar-refractivity contribution < 1.29 is 12.8 Å². The maximum Gasteiger partial charge on any atom is 0.234 e. The molecular weight excluding hydrogens is 372 g/mol. The Morgan fingerprint density at radius 2 is 1.77 bits per heavy atom. The van der Waals surface area contributed by atoms with E-state index in [0.29, 0.717) is 10.6 Å². The second-order valence-corrected chi connectivity index (χ2v) is 8.18. The number of aromatic nitrogens is 1. The largest absolute Gasteiger partial charge is 0.419 e. The fraction of sp³-hybridized carbons (Fsp3) is 0.211. The molecule has 0 fully saturated rings. The monoisotopic (exact) mass is 390 g/mol. The lowest BCUT2D eigenvalue weighted by molar-refractivity contribution is 0.566. The lowest BCUT2D eigenvalue weighted by Crippen LogP contribution is -2.15. The summed E-state index contributed by atoms with van der Waals surface area (Å²) in [5.74, 6) is 0.286. The number of benzene rings is 2. The molecule has 3 aromatic rings. The normalized spacial score (nSPS) is 12.7. The van der Waals surface area contributed by atoms with Crippen molar-refractivity contribution in [3.05, 3.63) is 59.6 Å². The van der Waals surface area contributed by atoms with Gasteiger partial charge in [-0.05, 0) is 37.6 Å². The maximum atomic E-state index is 13.1. The van der Waals surface area contributed by atoms with Gasteiger partial charge in [0, 0.05) is 6.04 Å². The smallest absolute Gasteiger partial charge is 0.234 e. The van der Waals surface area contributed by atoms with Gasteiger partial charge in [0.2, 0.25) is 26.6 Å². The molecule has 5 nitrogen and oxygen atoms in total. The van der Waals surface area contributed by atoms with Gasteiger partial charge in [0.15, 0.2) is 0 Å². The van der Waals surface area contributed by atoms with Crippen molar-refractivity contribution in [2.45, 2.75) is 36.2 Å². The number of rotatable bonds is 6. The Bertz CT molecular complexity index is 1000. The van der Waals surface area contributed by atoms with Gasteiger partial charge in [-0.15, -0.1) is 0 Å². The van der Waals surface area contributed by atoms with Crippen molar-refractivity contribution in [2.24, 2.45) is 0 Å². The molecule has 0 aliphatic heterocycles. The summed E-state index contributed by atoms with van der Waals surface area (Å²) in [5.41, 5.74) is 0.538. The Labute approximate surface area is 157 Å². The molecule has 0 saturated heterocycles. The maximum absolute atomic E-state index is 13.1. The fourth-order valence-corrected chi connectivity index (χ4v) is 3.87. The van der Waals surface area contributed by atoms with E-state index < -0.39 is 9.84 Å². The predicted molar refractivity (Wildman–Crippen MR) is 102 cm³/mol. The van der Waals surface area contributed by atoms with Crippen LogP contribution < -0.4 is 5.32 Å². The van der Waals surface area contributed by atoms with E-state index in [2.05, 4.69) is 10.3 Å². The summed E-state index contributed by atoms with van der Waals surface area (Å²) >= 11 is 6.21. The van der Waals surface area contributed by atoms with E-state index in [1.54, 1.807) is 42.5 Å². The molecule has 7 heteroatoms. The molecule has 136 valence electrons. The van der Waals surface area contributed by atoms with Crippen molar-refractivity contribution >= 4 is 27.3 Å². The van der Waals surface area contributed by atoms with E-state index in [9.17, 15) is 8.42 Å². The Hall–Kier alpha value is -2.31. The van der Waals surface area contributed by atoms with Crippen LogP contribution in [0.1, 0.15) is 20.3 Å². The molecule has 0 bridgehead atoms. The molecular formula is C19H19ClN2O3S. The van der Waals surface area contributed by atoms with E-state index in [1.807, 2.05) is 13.8 Å². The lowest BCUT2D eigenvalue weighted by Gasteiger charge is -2.11. The molecule has 0 saturated carbocycles. The molecule has 0 aliphatic rings. The van der Waals surface area contributed by atoms with Crippen molar-refractivity contribution in [3.63, 3.8) is 0 Å². The van der Waals surface area contributed by atoms with E-state index in [-0.39, 0.29) is 27.7 Å². The van der Waals surface area contributed by atoms with Gasteiger partial charge in [-0.2, -0.15) is 4.98 Å². The van der Waals surface area contributed by atoms with E-state index >= 15 is 0 Å². The molecule has 1 atom stereocenters. The second kappa shape index (κ2) is 7.51. The molecule has 1 aromatic heterocycles. The van der Waals surface area contributed by atoms with Crippen LogP contribution in [0.5, 0.6) is 0 Å².